The molecule has 2 nitrogen and oxygen atoms in total. The molecule has 0 spiro atoms. The van der Waals surface area contributed by atoms with E-state index in [4.69, 9.17) is 0 Å². The zero-order valence-corrected chi connectivity index (χ0v) is 12.4. The van der Waals surface area contributed by atoms with Gasteiger partial charge in [-0.3, -0.25) is 0 Å². The molecule has 106 valence electrons. The number of benzene rings is 2. The third kappa shape index (κ3) is 5.25. The van der Waals surface area contributed by atoms with Crippen LogP contribution in [0, 0.1) is 11.3 Å². The van der Waals surface area contributed by atoms with Crippen molar-refractivity contribution < 1.29 is 0 Å². The number of hydrogen-bond acceptors (Lipinski definition) is 2. The molecule has 0 N–H and O–H groups in total. The molecule has 0 saturated carbocycles. The predicted octanol–water partition coefficient (Wildman–Crippen LogP) is 4.12. The lowest BCUT2D eigenvalue weighted by atomic mass is 10.1. The van der Waals surface area contributed by atoms with Crippen LogP contribution in [0.2, 0.25) is 0 Å². The summed E-state index contributed by atoms with van der Waals surface area (Å²) in [5.74, 6) is 0. The van der Waals surface area contributed by atoms with Gasteiger partial charge in [-0.2, -0.15) is 5.26 Å². The Morgan fingerprint density at radius 3 is 2.29 bits per heavy atom. The van der Waals surface area contributed by atoms with Crippen LogP contribution in [0.25, 0.3) is 6.08 Å². The highest BCUT2D eigenvalue weighted by Crippen LogP contribution is 2.10. The van der Waals surface area contributed by atoms with Crippen molar-refractivity contribution in [2.75, 3.05) is 13.6 Å². The first-order valence-corrected chi connectivity index (χ1v) is 7.16. The molecule has 0 aliphatic carbocycles. The van der Waals surface area contributed by atoms with Gasteiger partial charge >= 0.3 is 0 Å². The normalized spacial score (nSPS) is 11.4. The molecule has 0 aliphatic heterocycles. The predicted molar refractivity (Wildman–Crippen MR) is 87.4 cm³/mol. The number of nitrogens with zero attached hydrogens (tertiary/aromatic N) is 2. The van der Waals surface area contributed by atoms with Crippen LogP contribution in [0.5, 0.6) is 0 Å². The average Bonchev–Trinajstić information content (AvgIpc) is 2.53. The highest BCUT2D eigenvalue weighted by atomic mass is 15.1. The van der Waals surface area contributed by atoms with E-state index < -0.39 is 0 Å². The van der Waals surface area contributed by atoms with Gasteiger partial charge in [0, 0.05) is 18.7 Å². The van der Waals surface area contributed by atoms with Crippen molar-refractivity contribution in [3.63, 3.8) is 0 Å². The molecule has 0 amide bonds. The lowest BCUT2D eigenvalue weighted by Gasteiger charge is -2.16. The third-order valence-corrected chi connectivity index (χ3v) is 3.34. The van der Waals surface area contributed by atoms with Crippen LogP contribution in [0.3, 0.4) is 0 Å². The van der Waals surface area contributed by atoms with E-state index in [2.05, 4.69) is 42.3 Å². The second kappa shape index (κ2) is 8.04. The Labute approximate surface area is 127 Å². The van der Waals surface area contributed by atoms with Gasteiger partial charge in [-0.05, 0) is 30.7 Å². The minimum absolute atomic E-state index is 0.773. The van der Waals surface area contributed by atoms with E-state index >= 15 is 0 Å². The highest BCUT2D eigenvalue weighted by molar-refractivity contribution is 5.56. The second-order valence-electron chi connectivity index (χ2n) is 5.17. The van der Waals surface area contributed by atoms with Crippen LogP contribution in [-0.2, 0) is 6.54 Å². The number of rotatable bonds is 6. The first kappa shape index (κ1) is 15.0. The van der Waals surface area contributed by atoms with Gasteiger partial charge in [0.1, 0.15) is 0 Å². The van der Waals surface area contributed by atoms with E-state index in [-0.39, 0.29) is 0 Å². The summed E-state index contributed by atoms with van der Waals surface area (Å²) in [4.78, 5) is 2.24. The first-order valence-electron chi connectivity index (χ1n) is 7.16. The molecule has 2 aromatic rings. The quantitative estimate of drug-likeness (QED) is 0.742. The van der Waals surface area contributed by atoms with Gasteiger partial charge in [0.25, 0.3) is 0 Å². The van der Waals surface area contributed by atoms with E-state index in [0.717, 1.165) is 30.6 Å². The summed E-state index contributed by atoms with van der Waals surface area (Å²) in [5.41, 5.74) is 3.20. The van der Waals surface area contributed by atoms with Crippen LogP contribution in [0.15, 0.2) is 66.2 Å². The second-order valence-corrected chi connectivity index (χ2v) is 5.17. The van der Waals surface area contributed by atoms with Gasteiger partial charge in [-0.25, -0.2) is 0 Å². The molecule has 0 bridgehead atoms. The van der Waals surface area contributed by atoms with E-state index in [0.29, 0.717) is 0 Å². The molecule has 2 aromatic carbocycles. The molecule has 0 fully saturated rings. The molecule has 0 heterocycles. The smallest absolute Gasteiger partial charge is 0.0947 e. The molecule has 2 heteroatoms. The van der Waals surface area contributed by atoms with E-state index in [1.165, 1.54) is 5.56 Å². The zero-order valence-electron chi connectivity index (χ0n) is 12.4. The molecular formula is C19H20N2. The molecule has 0 aromatic heterocycles. The molecule has 0 unspecified atom stereocenters. The lowest BCUT2D eigenvalue weighted by Crippen LogP contribution is -2.19. The van der Waals surface area contributed by atoms with Crippen LogP contribution < -0.4 is 0 Å². The topological polar surface area (TPSA) is 27.0 Å². The summed E-state index contributed by atoms with van der Waals surface area (Å²) in [6.07, 6.45) is 2.74. The van der Waals surface area contributed by atoms with Gasteiger partial charge in [0.15, 0.2) is 0 Å². The Morgan fingerprint density at radius 1 is 1.05 bits per heavy atom. The SMILES string of the molecule is CN(CC/C(C#N)=C/c1ccccc1)Cc1ccccc1. The van der Waals surface area contributed by atoms with E-state index in [1.807, 2.05) is 42.5 Å². The van der Waals surface area contributed by atoms with Crippen LogP contribution in [0.4, 0.5) is 0 Å². The van der Waals surface area contributed by atoms with E-state index in [1.54, 1.807) is 0 Å². The molecule has 21 heavy (non-hydrogen) atoms. The Kier molecular flexibility index (Phi) is 5.75. The Morgan fingerprint density at radius 2 is 1.67 bits per heavy atom. The minimum Gasteiger partial charge on any atom is -0.302 e. The molecular weight excluding hydrogens is 256 g/mol. The largest absolute Gasteiger partial charge is 0.302 e. The summed E-state index contributed by atoms with van der Waals surface area (Å²) in [6.45, 7) is 1.78. The minimum atomic E-state index is 0.773. The van der Waals surface area contributed by atoms with Crippen molar-refractivity contribution in [3.8, 4) is 6.07 Å². The van der Waals surface area contributed by atoms with Crippen molar-refractivity contribution in [1.29, 1.82) is 5.26 Å². The van der Waals surface area contributed by atoms with E-state index in [9.17, 15) is 5.26 Å². The molecule has 0 saturated heterocycles. The van der Waals surface area contributed by atoms with Gasteiger partial charge in [-0.15, -0.1) is 0 Å². The van der Waals surface area contributed by atoms with Gasteiger partial charge < -0.3 is 4.90 Å². The molecule has 0 radical (unpaired) electrons. The maximum absolute atomic E-state index is 9.25. The zero-order chi connectivity index (χ0) is 14.9. The van der Waals surface area contributed by atoms with Gasteiger partial charge in [-0.1, -0.05) is 60.7 Å². The summed E-state index contributed by atoms with van der Waals surface area (Å²) >= 11 is 0. The van der Waals surface area contributed by atoms with Crippen molar-refractivity contribution in [3.05, 3.63) is 77.4 Å². The summed E-state index contributed by atoms with van der Waals surface area (Å²) in [6, 6.07) is 22.7. The Balaban J connectivity index is 1.89. The highest BCUT2D eigenvalue weighted by Gasteiger charge is 2.02. The molecule has 0 aliphatic rings. The molecule has 2 rings (SSSR count). The third-order valence-electron chi connectivity index (χ3n) is 3.34. The van der Waals surface area contributed by atoms with Crippen LogP contribution >= 0.6 is 0 Å². The Bertz CT molecular complexity index is 609. The first-order chi connectivity index (χ1) is 10.3. The Hall–Kier alpha value is -2.37. The number of hydrogen-bond donors (Lipinski definition) is 0. The summed E-state index contributed by atoms with van der Waals surface area (Å²) < 4.78 is 0. The standard InChI is InChI=1S/C19H20N2/c1-21(16-18-10-6-3-7-11-18)13-12-19(15-20)14-17-8-4-2-5-9-17/h2-11,14H,12-13,16H2,1H3/b19-14-. The fourth-order valence-corrected chi connectivity index (χ4v) is 2.20. The maximum atomic E-state index is 9.25. The summed E-state index contributed by atoms with van der Waals surface area (Å²) in [7, 11) is 2.09. The average molecular weight is 276 g/mol. The van der Waals surface area contributed by atoms with Crippen LogP contribution in [0.1, 0.15) is 17.5 Å². The van der Waals surface area contributed by atoms with Crippen molar-refractivity contribution in [2.24, 2.45) is 0 Å². The maximum Gasteiger partial charge on any atom is 0.0947 e. The molecule has 0 atom stereocenters. The fourth-order valence-electron chi connectivity index (χ4n) is 2.20. The van der Waals surface area contributed by atoms with Crippen molar-refractivity contribution >= 4 is 6.08 Å². The van der Waals surface area contributed by atoms with Gasteiger partial charge in [0.05, 0.1) is 6.07 Å². The summed E-state index contributed by atoms with van der Waals surface area (Å²) in [5, 5.41) is 9.25. The fraction of sp³-hybridized carbons (Fsp3) is 0.211. The lowest BCUT2D eigenvalue weighted by molar-refractivity contribution is 0.332. The van der Waals surface area contributed by atoms with Crippen molar-refractivity contribution in [1.82, 2.24) is 4.90 Å². The van der Waals surface area contributed by atoms with Crippen LogP contribution in [-0.4, -0.2) is 18.5 Å². The number of nitriles is 1. The van der Waals surface area contributed by atoms with Crippen molar-refractivity contribution in [2.45, 2.75) is 13.0 Å². The van der Waals surface area contributed by atoms with Gasteiger partial charge in [0.2, 0.25) is 0 Å². The monoisotopic (exact) mass is 276 g/mol.